The maximum atomic E-state index is 5.95. The second kappa shape index (κ2) is 7.61. The first kappa shape index (κ1) is 16.9. The van der Waals surface area contributed by atoms with Crippen molar-refractivity contribution in [1.82, 2.24) is 10.3 Å². The van der Waals surface area contributed by atoms with E-state index in [4.69, 9.17) is 5.84 Å². The van der Waals surface area contributed by atoms with E-state index in [-0.39, 0.29) is 5.54 Å². The minimum absolute atomic E-state index is 0.124. The van der Waals surface area contributed by atoms with Gasteiger partial charge in [0.25, 0.3) is 0 Å². The summed E-state index contributed by atoms with van der Waals surface area (Å²) in [7, 11) is 0. The Hall–Kier alpha value is -0.120. The third-order valence-corrected chi connectivity index (χ3v) is 5.39. The Kier molecular flexibility index (Phi) is 6.78. The molecule has 19 heavy (non-hydrogen) atoms. The molecule has 0 aromatic heterocycles. The van der Waals surface area contributed by atoms with Gasteiger partial charge in [-0.15, -0.1) is 0 Å². The minimum atomic E-state index is 0.124. The highest BCUT2D eigenvalue weighted by Gasteiger charge is 2.39. The maximum Gasteiger partial charge on any atom is 0.0417 e. The summed E-state index contributed by atoms with van der Waals surface area (Å²) in [6, 6.07) is 0.391. The Labute approximate surface area is 120 Å². The van der Waals surface area contributed by atoms with Gasteiger partial charge in [-0.2, -0.15) is 0 Å². The average molecular weight is 269 g/mol. The molecule has 114 valence electrons. The van der Waals surface area contributed by atoms with E-state index in [0.717, 1.165) is 24.9 Å². The molecule has 1 aliphatic carbocycles. The molecule has 3 N–H and O–H groups in total. The second-order valence-corrected chi connectivity index (χ2v) is 6.67. The van der Waals surface area contributed by atoms with Gasteiger partial charge in [-0.25, -0.2) is 0 Å². The fourth-order valence-electron chi connectivity index (χ4n) is 4.16. The lowest BCUT2D eigenvalue weighted by atomic mass is 9.72. The van der Waals surface area contributed by atoms with Crippen molar-refractivity contribution in [3.63, 3.8) is 0 Å². The molecular formula is C16H35N3. The summed E-state index contributed by atoms with van der Waals surface area (Å²) in [5, 5.41) is 0. The first-order valence-corrected chi connectivity index (χ1v) is 8.22. The first-order chi connectivity index (χ1) is 9.01. The first-order valence-electron chi connectivity index (χ1n) is 8.22. The van der Waals surface area contributed by atoms with Crippen LogP contribution in [0.2, 0.25) is 0 Å². The van der Waals surface area contributed by atoms with Gasteiger partial charge in [0.05, 0.1) is 0 Å². The standard InChI is InChI=1S/C16H35N3/c1-6-13-10-9-11-14(12-13)15(18-17)16(4,5)19(7-2)8-3/h13-15,18H,6-12,17H2,1-5H3. The molecule has 0 bridgehead atoms. The fourth-order valence-corrected chi connectivity index (χ4v) is 4.16. The van der Waals surface area contributed by atoms with Crippen molar-refractivity contribution >= 4 is 0 Å². The van der Waals surface area contributed by atoms with Gasteiger partial charge in [-0.1, -0.05) is 40.0 Å². The second-order valence-electron chi connectivity index (χ2n) is 6.67. The number of hydrogen-bond acceptors (Lipinski definition) is 3. The Morgan fingerprint density at radius 3 is 2.32 bits per heavy atom. The lowest BCUT2D eigenvalue weighted by Crippen LogP contribution is -2.62. The molecule has 3 nitrogen and oxygen atoms in total. The lowest BCUT2D eigenvalue weighted by Gasteiger charge is -2.48. The van der Waals surface area contributed by atoms with Gasteiger partial charge in [0, 0.05) is 11.6 Å². The van der Waals surface area contributed by atoms with E-state index in [0.29, 0.717) is 6.04 Å². The molecule has 1 saturated carbocycles. The third-order valence-electron chi connectivity index (χ3n) is 5.39. The van der Waals surface area contributed by atoms with Crippen LogP contribution in [0.4, 0.5) is 0 Å². The molecule has 3 atom stereocenters. The highest BCUT2D eigenvalue weighted by Crippen LogP contribution is 2.37. The van der Waals surface area contributed by atoms with Crippen LogP contribution in [0.5, 0.6) is 0 Å². The van der Waals surface area contributed by atoms with Gasteiger partial charge < -0.3 is 0 Å². The van der Waals surface area contributed by atoms with E-state index < -0.39 is 0 Å². The van der Waals surface area contributed by atoms with Gasteiger partial charge >= 0.3 is 0 Å². The van der Waals surface area contributed by atoms with Gasteiger partial charge in [0.1, 0.15) is 0 Å². The van der Waals surface area contributed by atoms with Crippen molar-refractivity contribution in [2.24, 2.45) is 17.7 Å². The summed E-state index contributed by atoms with van der Waals surface area (Å²) < 4.78 is 0. The monoisotopic (exact) mass is 269 g/mol. The molecule has 0 aromatic carbocycles. The highest BCUT2D eigenvalue weighted by atomic mass is 15.3. The van der Waals surface area contributed by atoms with E-state index >= 15 is 0 Å². The number of rotatable bonds is 7. The van der Waals surface area contributed by atoms with Crippen molar-refractivity contribution in [2.75, 3.05) is 13.1 Å². The molecule has 0 radical (unpaired) electrons. The molecule has 1 rings (SSSR count). The normalized spacial score (nSPS) is 26.7. The molecule has 3 heteroatoms. The summed E-state index contributed by atoms with van der Waals surface area (Å²) in [4.78, 5) is 2.53. The van der Waals surface area contributed by atoms with Crippen LogP contribution in [0, 0.1) is 11.8 Å². The molecule has 0 aromatic rings. The largest absolute Gasteiger partial charge is 0.297 e. The van der Waals surface area contributed by atoms with Crippen molar-refractivity contribution in [3.05, 3.63) is 0 Å². The van der Waals surface area contributed by atoms with Crippen LogP contribution in [-0.4, -0.2) is 29.6 Å². The van der Waals surface area contributed by atoms with Crippen molar-refractivity contribution in [3.8, 4) is 0 Å². The van der Waals surface area contributed by atoms with E-state index in [2.05, 4.69) is 44.9 Å². The Morgan fingerprint density at radius 2 is 1.84 bits per heavy atom. The number of likely N-dealkylation sites (N-methyl/N-ethyl adjacent to an activating group) is 1. The Balaban J connectivity index is 2.80. The molecule has 0 aliphatic heterocycles. The lowest BCUT2D eigenvalue weighted by molar-refractivity contribution is 0.0466. The summed E-state index contributed by atoms with van der Waals surface area (Å²) in [6.45, 7) is 13.7. The van der Waals surface area contributed by atoms with Crippen molar-refractivity contribution in [2.45, 2.75) is 78.3 Å². The SMILES string of the molecule is CCC1CCCC(C(NN)C(C)(C)N(CC)CC)C1. The van der Waals surface area contributed by atoms with Crippen LogP contribution in [0.15, 0.2) is 0 Å². The number of nitrogens with one attached hydrogen (secondary N) is 1. The van der Waals surface area contributed by atoms with Crippen LogP contribution in [0.3, 0.4) is 0 Å². The predicted molar refractivity (Wildman–Crippen MR) is 83.9 cm³/mol. The summed E-state index contributed by atoms with van der Waals surface area (Å²) in [6.07, 6.45) is 6.78. The quantitative estimate of drug-likeness (QED) is 0.551. The fraction of sp³-hybridized carbons (Fsp3) is 1.00. The molecule has 1 fully saturated rings. The van der Waals surface area contributed by atoms with E-state index in [1.165, 1.54) is 32.1 Å². The highest BCUT2D eigenvalue weighted by molar-refractivity contribution is 4.97. The van der Waals surface area contributed by atoms with Gasteiger partial charge in [-0.3, -0.25) is 16.2 Å². The van der Waals surface area contributed by atoms with Crippen LogP contribution in [-0.2, 0) is 0 Å². The molecule has 0 spiro atoms. The Bertz CT molecular complexity index is 248. The zero-order valence-corrected chi connectivity index (χ0v) is 13.7. The third kappa shape index (κ3) is 3.93. The van der Waals surface area contributed by atoms with Crippen LogP contribution in [0.25, 0.3) is 0 Å². The molecule has 3 unspecified atom stereocenters. The Morgan fingerprint density at radius 1 is 1.21 bits per heavy atom. The van der Waals surface area contributed by atoms with Crippen molar-refractivity contribution < 1.29 is 0 Å². The average Bonchev–Trinajstić information content (AvgIpc) is 2.40. The minimum Gasteiger partial charge on any atom is -0.297 e. The molecular weight excluding hydrogens is 234 g/mol. The summed E-state index contributed by atoms with van der Waals surface area (Å²) in [5.41, 5.74) is 3.29. The van der Waals surface area contributed by atoms with Crippen LogP contribution in [0.1, 0.15) is 66.7 Å². The van der Waals surface area contributed by atoms with Crippen LogP contribution >= 0.6 is 0 Å². The van der Waals surface area contributed by atoms with Gasteiger partial charge in [0.15, 0.2) is 0 Å². The zero-order chi connectivity index (χ0) is 14.5. The molecule has 0 heterocycles. The van der Waals surface area contributed by atoms with E-state index in [9.17, 15) is 0 Å². The summed E-state index contributed by atoms with van der Waals surface area (Å²) in [5.74, 6) is 7.57. The summed E-state index contributed by atoms with van der Waals surface area (Å²) >= 11 is 0. The van der Waals surface area contributed by atoms with Gasteiger partial charge in [-0.05, 0) is 51.6 Å². The van der Waals surface area contributed by atoms with Gasteiger partial charge in [0.2, 0.25) is 0 Å². The number of hydrogen-bond donors (Lipinski definition) is 2. The van der Waals surface area contributed by atoms with E-state index in [1.54, 1.807) is 0 Å². The topological polar surface area (TPSA) is 41.3 Å². The zero-order valence-electron chi connectivity index (χ0n) is 13.7. The molecule has 0 saturated heterocycles. The van der Waals surface area contributed by atoms with Crippen LogP contribution < -0.4 is 11.3 Å². The maximum absolute atomic E-state index is 5.95. The number of nitrogens with zero attached hydrogens (tertiary/aromatic N) is 1. The van der Waals surface area contributed by atoms with E-state index in [1.807, 2.05) is 0 Å². The smallest absolute Gasteiger partial charge is 0.0417 e. The molecule has 1 aliphatic rings. The predicted octanol–water partition coefficient (Wildman–Crippen LogP) is 3.16. The number of hydrazine groups is 1. The molecule has 0 amide bonds. The van der Waals surface area contributed by atoms with Crippen molar-refractivity contribution in [1.29, 1.82) is 0 Å². The number of nitrogens with two attached hydrogens (primary N) is 1.